The number of methoxy groups -OCH3 is 2. The fourth-order valence-corrected chi connectivity index (χ4v) is 3.18. The number of benzene rings is 2. The van der Waals surface area contributed by atoms with Gasteiger partial charge in [0.2, 0.25) is 0 Å². The molecule has 0 bridgehead atoms. The zero-order chi connectivity index (χ0) is 22.9. The predicted octanol–water partition coefficient (Wildman–Crippen LogP) is 5.37. The SMILES string of the molecule is CCCOc1c(Cl)cc(C(=O)Nc2ccc(OC)c(OCc3cccnc3)c2)cc1OC. The van der Waals surface area contributed by atoms with Crippen LogP contribution in [0.2, 0.25) is 5.02 Å². The summed E-state index contributed by atoms with van der Waals surface area (Å²) in [6.07, 6.45) is 4.25. The van der Waals surface area contributed by atoms with E-state index < -0.39 is 0 Å². The first-order chi connectivity index (χ1) is 15.5. The minimum atomic E-state index is -0.351. The summed E-state index contributed by atoms with van der Waals surface area (Å²) in [5.74, 6) is 1.51. The average Bonchev–Trinajstić information content (AvgIpc) is 2.82. The molecule has 0 fully saturated rings. The van der Waals surface area contributed by atoms with Crippen molar-refractivity contribution in [3.05, 3.63) is 71.0 Å². The lowest BCUT2D eigenvalue weighted by Crippen LogP contribution is -2.13. The molecule has 1 heterocycles. The Hall–Kier alpha value is -3.45. The third-order valence-electron chi connectivity index (χ3n) is 4.48. The van der Waals surface area contributed by atoms with Crippen LogP contribution in [0, 0.1) is 0 Å². The van der Waals surface area contributed by atoms with Crippen LogP contribution in [-0.2, 0) is 6.61 Å². The lowest BCUT2D eigenvalue weighted by molar-refractivity contribution is 0.102. The molecule has 2 aromatic carbocycles. The van der Waals surface area contributed by atoms with Gasteiger partial charge in [0.05, 0.1) is 25.8 Å². The molecule has 0 atom stereocenters. The maximum absolute atomic E-state index is 12.9. The second kappa shape index (κ2) is 11.2. The molecular weight excluding hydrogens is 432 g/mol. The van der Waals surface area contributed by atoms with Gasteiger partial charge in [-0.2, -0.15) is 0 Å². The zero-order valence-electron chi connectivity index (χ0n) is 18.2. The van der Waals surface area contributed by atoms with Gasteiger partial charge in [0.25, 0.3) is 5.91 Å². The largest absolute Gasteiger partial charge is 0.493 e. The highest BCUT2D eigenvalue weighted by molar-refractivity contribution is 6.32. The summed E-state index contributed by atoms with van der Waals surface area (Å²) < 4.78 is 22.2. The van der Waals surface area contributed by atoms with Crippen molar-refractivity contribution < 1.29 is 23.7 Å². The molecule has 0 saturated carbocycles. The van der Waals surface area contributed by atoms with Crippen LogP contribution in [0.15, 0.2) is 54.9 Å². The number of carbonyl (C=O) groups is 1. The first-order valence-electron chi connectivity index (χ1n) is 10.1. The summed E-state index contributed by atoms with van der Waals surface area (Å²) in [4.78, 5) is 16.9. The van der Waals surface area contributed by atoms with E-state index in [2.05, 4.69) is 10.3 Å². The van der Waals surface area contributed by atoms with Gasteiger partial charge >= 0.3 is 0 Å². The van der Waals surface area contributed by atoms with Crippen molar-refractivity contribution in [3.8, 4) is 23.0 Å². The number of nitrogens with one attached hydrogen (secondary N) is 1. The molecule has 168 valence electrons. The Kier molecular flexibility index (Phi) is 8.16. The molecule has 3 rings (SSSR count). The van der Waals surface area contributed by atoms with Crippen LogP contribution in [0.25, 0.3) is 0 Å². The summed E-state index contributed by atoms with van der Waals surface area (Å²) in [5, 5.41) is 3.15. The Labute approximate surface area is 192 Å². The van der Waals surface area contributed by atoms with Gasteiger partial charge in [-0.15, -0.1) is 0 Å². The van der Waals surface area contributed by atoms with Gasteiger partial charge in [-0.25, -0.2) is 0 Å². The van der Waals surface area contributed by atoms with Crippen LogP contribution >= 0.6 is 11.6 Å². The number of anilines is 1. The quantitative estimate of drug-likeness (QED) is 0.441. The molecule has 0 aliphatic rings. The van der Waals surface area contributed by atoms with Gasteiger partial charge < -0.3 is 24.3 Å². The van der Waals surface area contributed by atoms with Gasteiger partial charge in [0.15, 0.2) is 23.0 Å². The van der Waals surface area contributed by atoms with Crippen LogP contribution in [0.4, 0.5) is 5.69 Å². The number of pyridine rings is 1. The maximum atomic E-state index is 12.9. The number of hydrogen-bond donors (Lipinski definition) is 1. The van der Waals surface area contributed by atoms with Crippen LogP contribution < -0.4 is 24.3 Å². The van der Waals surface area contributed by atoms with E-state index >= 15 is 0 Å². The number of rotatable bonds is 10. The highest BCUT2D eigenvalue weighted by Crippen LogP contribution is 2.37. The van der Waals surface area contributed by atoms with Crippen LogP contribution in [-0.4, -0.2) is 31.7 Å². The number of aromatic nitrogens is 1. The molecule has 8 heteroatoms. The zero-order valence-corrected chi connectivity index (χ0v) is 18.9. The van der Waals surface area contributed by atoms with Crippen molar-refractivity contribution in [1.29, 1.82) is 0 Å². The topological polar surface area (TPSA) is 78.9 Å². The molecule has 1 amide bonds. The van der Waals surface area contributed by atoms with E-state index in [0.29, 0.717) is 52.5 Å². The smallest absolute Gasteiger partial charge is 0.255 e. The number of halogens is 1. The lowest BCUT2D eigenvalue weighted by Gasteiger charge is -2.15. The first kappa shape index (κ1) is 23.2. The van der Waals surface area contributed by atoms with Crippen molar-refractivity contribution in [2.75, 3.05) is 26.1 Å². The van der Waals surface area contributed by atoms with E-state index in [1.807, 2.05) is 19.1 Å². The molecule has 0 aliphatic carbocycles. The molecule has 0 spiro atoms. The van der Waals surface area contributed by atoms with E-state index in [4.69, 9.17) is 30.5 Å². The van der Waals surface area contributed by atoms with Crippen molar-refractivity contribution in [1.82, 2.24) is 4.98 Å². The molecule has 7 nitrogen and oxygen atoms in total. The van der Waals surface area contributed by atoms with Crippen molar-refractivity contribution in [3.63, 3.8) is 0 Å². The minimum absolute atomic E-state index is 0.304. The van der Waals surface area contributed by atoms with Crippen LogP contribution in [0.1, 0.15) is 29.3 Å². The molecule has 1 N–H and O–H groups in total. The molecule has 0 unspecified atom stereocenters. The summed E-state index contributed by atoms with van der Waals surface area (Å²) >= 11 is 6.33. The van der Waals surface area contributed by atoms with E-state index in [1.54, 1.807) is 49.8 Å². The van der Waals surface area contributed by atoms with E-state index in [-0.39, 0.29) is 5.91 Å². The fraction of sp³-hybridized carbons (Fsp3) is 0.250. The number of amides is 1. The van der Waals surface area contributed by atoms with E-state index in [9.17, 15) is 4.79 Å². The third kappa shape index (κ3) is 5.82. The molecular formula is C24H25ClN2O5. The second-order valence-electron chi connectivity index (χ2n) is 6.81. The number of ether oxygens (including phenoxy) is 4. The molecule has 3 aromatic rings. The normalized spacial score (nSPS) is 10.4. The minimum Gasteiger partial charge on any atom is -0.493 e. The van der Waals surface area contributed by atoms with Crippen molar-refractivity contribution in [2.45, 2.75) is 20.0 Å². The van der Waals surface area contributed by atoms with Crippen molar-refractivity contribution >= 4 is 23.2 Å². The van der Waals surface area contributed by atoms with Gasteiger partial charge in [-0.05, 0) is 36.8 Å². The van der Waals surface area contributed by atoms with Crippen molar-refractivity contribution in [2.24, 2.45) is 0 Å². The molecule has 0 radical (unpaired) electrons. The van der Waals surface area contributed by atoms with Gasteiger partial charge in [0.1, 0.15) is 6.61 Å². The molecule has 1 aromatic heterocycles. The Morgan fingerprint density at radius 3 is 2.53 bits per heavy atom. The standard InChI is InChI=1S/C24H25ClN2O5/c1-4-10-31-23-19(25)11-17(12-22(23)30-3)24(28)27-18-7-8-20(29-2)21(13-18)32-15-16-6-5-9-26-14-16/h5-9,11-14H,4,10,15H2,1-3H3,(H,27,28). The monoisotopic (exact) mass is 456 g/mol. The number of nitrogens with zero attached hydrogens (tertiary/aromatic N) is 1. The maximum Gasteiger partial charge on any atom is 0.255 e. The molecule has 0 aliphatic heterocycles. The number of hydrogen-bond acceptors (Lipinski definition) is 6. The number of carbonyl (C=O) groups excluding carboxylic acids is 1. The van der Waals surface area contributed by atoms with E-state index in [0.717, 1.165) is 12.0 Å². The summed E-state index contributed by atoms with van der Waals surface area (Å²) in [6.45, 7) is 2.80. The molecule has 32 heavy (non-hydrogen) atoms. The summed E-state index contributed by atoms with van der Waals surface area (Å²) in [7, 11) is 3.06. The highest BCUT2D eigenvalue weighted by Gasteiger charge is 2.17. The van der Waals surface area contributed by atoms with Crippen LogP contribution in [0.3, 0.4) is 0 Å². The Balaban J connectivity index is 1.77. The Morgan fingerprint density at radius 1 is 1.03 bits per heavy atom. The fourth-order valence-electron chi connectivity index (χ4n) is 2.91. The lowest BCUT2D eigenvalue weighted by atomic mass is 10.1. The highest BCUT2D eigenvalue weighted by atomic mass is 35.5. The molecule has 0 saturated heterocycles. The summed E-state index contributed by atoms with van der Waals surface area (Å²) in [6, 6.07) is 12.0. The second-order valence-corrected chi connectivity index (χ2v) is 7.21. The van der Waals surface area contributed by atoms with Crippen LogP contribution in [0.5, 0.6) is 23.0 Å². The van der Waals surface area contributed by atoms with Gasteiger partial charge in [-0.3, -0.25) is 9.78 Å². The Morgan fingerprint density at radius 2 is 1.84 bits per heavy atom. The third-order valence-corrected chi connectivity index (χ3v) is 4.76. The average molecular weight is 457 g/mol. The first-order valence-corrected chi connectivity index (χ1v) is 10.4. The predicted molar refractivity (Wildman–Crippen MR) is 123 cm³/mol. The Bertz CT molecular complexity index is 1060. The van der Waals surface area contributed by atoms with Gasteiger partial charge in [0, 0.05) is 35.3 Å². The van der Waals surface area contributed by atoms with E-state index in [1.165, 1.54) is 7.11 Å². The van der Waals surface area contributed by atoms with Gasteiger partial charge in [-0.1, -0.05) is 24.6 Å². The summed E-state index contributed by atoms with van der Waals surface area (Å²) in [5.41, 5.74) is 1.79.